The van der Waals surface area contributed by atoms with Crippen molar-refractivity contribution in [2.45, 2.75) is 13.3 Å². The maximum Gasteiger partial charge on any atom is 0.338 e. The second-order valence-electron chi connectivity index (χ2n) is 3.00. The topological polar surface area (TPSA) is 35.5 Å². The number of methoxy groups -OCH3 is 1. The van der Waals surface area contributed by atoms with Gasteiger partial charge in [0.15, 0.2) is 11.5 Å². The minimum Gasteiger partial charge on any atom is -0.493 e. The summed E-state index contributed by atoms with van der Waals surface area (Å²) < 4.78 is 10.2. The van der Waals surface area contributed by atoms with Crippen LogP contribution in [0.1, 0.15) is 13.3 Å². The van der Waals surface area contributed by atoms with E-state index in [1.807, 2.05) is 13.0 Å². The Morgan fingerprint density at radius 2 is 1.93 bits per heavy atom. The summed E-state index contributed by atoms with van der Waals surface area (Å²) in [7, 11) is 1.53. The lowest BCUT2D eigenvalue weighted by Crippen LogP contribution is -2.10. The molecule has 0 heterocycles. The smallest absolute Gasteiger partial charge is 0.338 e. The molecular weight excluding hydrogens is 192 g/mol. The zero-order chi connectivity index (χ0) is 11.3. The molecule has 0 N–H and O–H groups in total. The van der Waals surface area contributed by atoms with Gasteiger partial charge in [-0.05, 0) is 18.6 Å². The van der Waals surface area contributed by atoms with Gasteiger partial charge in [-0.25, -0.2) is 4.79 Å². The largest absolute Gasteiger partial charge is 0.493 e. The molecule has 0 radical (unpaired) electrons. The van der Waals surface area contributed by atoms with Gasteiger partial charge in [0.05, 0.1) is 7.11 Å². The fourth-order valence-electron chi connectivity index (χ4n) is 1.02. The molecule has 0 aliphatic rings. The molecule has 0 aromatic heterocycles. The quantitative estimate of drug-likeness (QED) is 0.431. The molecule has 0 unspecified atom stereocenters. The van der Waals surface area contributed by atoms with Crippen LogP contribution in [0.5, 0.6) is 11.5 Å². The number of esters is 1. The van der Waals surface area contributed by atoms with Crippen LogP contribution in [-0.4, -0.2) is 13.1 Å². The van der Waals surface area contributed by atoms with Gasteiger partial charge in [0.25, 0.3) is 0 Å². The number of ether oxygens (including phenoxy) is 2. The Morgan fingerprint density at radius 1 is 1.33 bits per heavy atom. The van der Waals surface area contributed by atoms with E-state index in [0.717, 1.165) is 0 Å². The van der Waals surface area contributed by atoms with Gasteiger partial charge in [-0.15, -0.1) is 0 Å². The molecule has 1 aromatic carbocycles. The first kappa shape index (κ1) is 11.3. The Kier molecular flexibility index (Phi) is 3.92. The second-order valence-corrected chi connectivity index (χ2v) is 3.00. The Labute approximate surface area is 89.3 Å². The third-order valence-electron chi connectivity index (χ3n) is 1.99. The molecule has 0 spiro atoms. The standard InChI is InChI=1S/C12H14O3/c1-4-9(2)12(13)15-11-8-6-5-7-10(11)14-3/h5-8H,2,4H2,1,3H3. The molecular formula is C12H14O3. The summed E-state index contributed by atoms with van der Waals surface area (Å²) >= 11 is 0. The van der Waals surface area contributed by atoms with Crippen molar-refractivity contribution in [2.24, 2.45) is 0 Å². The molecule has 3 nitrogen and oxygen atoms in total. The fourth-order valence-corrected chi connectivity index (χ4v) is 1.02. The highest BCUT2D eigenvalue weighted by Gasteiger charge is 2.10. The molecule has 0 saturated heterocycles. The Hall–Kier alpha value is -1.77. The van der Waals surface area contributed by atoms with Gasteiger partial charge in [0, 0.05) is 5.57 Å². The SMILES string of the molecule is C=C(CC)C(=O)Oc1ccccc1OC. The van der Waals surface area contributed by atoms with E-state index in [1.54, 1.807) is 18.2 Å². The van der Waals surface area contributed by atoms with Crippen molar-refractivity contribution >= 4 is 5.97 Å². The number of hydrogen-bond donors (Lipinski definition) is 0. The lowest BCUT2D eigenvalue weighted by molar-refractivity contribution is -0.130. The van der Waals surface area contributed by atoms with E-state index in [2.05, 4.69) is 6.58 Å². The molecule has 0 amide bonds. The van der Waals surface area contributed by atoms with Crippen molar-refractivity contribution in [2.75, 3.05) is 7.11 Å². The number of para-hydroxylation sites is 2. The van der Waals surface area contributed by atoms with Crippen LogP contribution in [0, 0.1) is 0 Å². The van der Waals surface area contributed by atoms with Gasteiger partial charge >= 0.3 is 5.97 Å². The zero-order valence-electron chi connectivity index (χ0n) is 8.95. The Balaban J connectivity index is 2.80. The van der Waals surface area contributed by atoms with Crippen LogP contribution in [-0.2, 0) is 4.79 Å². The van der Waals surface area contributed by atoms with Crippen molar-refractivity contribution in [1.82, 2.24) is 0 Å². The van der Waals surface area contributed by atoms with E-state index < -0.39 is 5.97 Å². The zero-order valence-corrected chi connectivity index (χ0v) is 8.95. The van der Waals surface area contributed by atoms with Gasteiger partial charge in [0.2, 0.25) is 0 Å². The average molecular weight is 206 g/mol. The van der Waals surface area contributed by atoms with E-state index in [1.165, 1.54) is 7.11 Å². The van der Waals surface area contributed by atoms with Crippen LogP contribution in [0.25, 0.3) is 0 Å². The van der Waals surface area contributed by atoms with Crippen molar-refractivity contribution < 1.29 is 14.3 Å². The van der Waals surface area contributed by atoms with Gasteiger partial charge in [-0.2, -0.15) is 0 Å². The summed E-state index contributed by atoms with van der Waals surface area (Å²) in [6.07, 6.45) is 0.577. The number of hydrogen-bond acceptors (Lipinski definition) is 3. The predicted molar refractivity (Wildman–Crippen MR) is 58.1 cm³/mol. The molecule has 0 aliphatic heterocycles. The first-order valence-corrected chi connectivity index (χ1v) is 4.72. The molecule has 1 aromatic rings. The number of rotatable bonds is 4. The summed E-state index contributed by atoms with van der Waals surface area (Å²) in [5.74, 6) is 0.538. The number of benzene rings is 1. The fraction of sp³-hybridized carbons (Fsp3) is 0.250. The summed E-state index contributed by atoms with van der Waals surface area (Å²) in [6.45, 7) is 5.46. The minimum atomic E-state index is -0.415. The van der Waals surface area contributed by atoms with E-state index in [4.69, 9.17) is 9.47 Å². The molecule has 3 heteroatoms. The van der Waals surface area contributed by atoms with Crippen LogP contribution < -0.4 is 9.47 Å². The highest BCUT2D eigenvalue weighted by molar-refractivity contribution is 5.89. The van der Waals surface area contributed by atoms with Crippen molar-refractivity contribution in [1.29, 1.82) is 0 Å². The van der Waals surface area contributed by atoms with Crippen molar-refractivity contribution in [3.63, 3.8) is 0 Å². The highest BCUT2D eigenvalue weighted by atomic mass is 16.6. The van der Waals surface area contributed by atoms with Crippen molar-refractivity contribution in [3.05, 3.63) is 36.4 Å². The third-order valence-corrected chi connectivity index (χ3v) is 1.99. The predicted octanol–water partition coefficient (Wildman–Crippen LogP) is 2.57. The molecule has 0 saturated carbocycles. The van der Waals surface area contributed by atoms with Crippen LogP contribution in [0.4, 0.5) is 0 Å². The van der Waals surface area contributed by atoms with Crippen LogP contribution >= 0.6 is 0 Å². The summed E-state index contributed by atoms with van der Waals surface area (Å²) in [6, 6.07) is 7.00. The molecule has 1 rings (SSSR count). The molecule has 0 bridgehead atoms. The second kappa shape index (κ2) is 5.20. The summed E-state index contributed by atoms with van der Waals surface area (Å²) in [5.41, 5.74) is 0.445. The molecule has 0 atom stereocenters. The lowest BCUT2D eigenvalue weighted by atomic mass is 10.2. The van der Waals surface area contributed by atoms with E-state index >= 15 is 0 Å². The monoisotopic (exact) mass is 206 g/mol. The maximum atomic E-state index is 11.4. The highest BCUT2D eigenvalue weighted by Crippen LogP contribution is 2.26. The number of carbonyl (C=O) groups is 1. The molecule has 0 fully saturated rings. The molecule has 15 heavy (non-hydrogen) atoms. The van der Waals surface area contributed by atoms with Crippen LogP contribution in [0.3, 0.4) is 0 Å². The first-order chi connectivity index (χ1) is 7.19. The lowest BCUT2D eigenvalue weighted by Gasteiger charge is -2.08. The van der Waals surface area contributed by atoms with Gasteiger partial charge in [-0.3, -0.25) is 0 Å². The molecule has 0 aliphatic carbocycles. The van der Waals surface area contributed by atoms with Gasteiger partial charge < -0.3 is 9.47 Å². The maximum absolute atomic E-state index is 11.4. The van der Waals surface area contributed by atoms with Gasteiger partial charge in [-0.1, -0.05) is 25.6 Å². The minimum absolute atomic E-state index is 0.415. The summed E-state index contributed by atoms with van der Waals surface area (Å²) in [5, 5.41) is 0. The first-order valence-electron chi connectivity index (χ1n) is 4.72. The third kappa shape index (κ3) is 2.84. The van der Waals surface area contributed by atoms with Crippen LogP contribution in [0.2, 0.25) is 0 Å². The van der Waals surface area contributed by atoms with Gasteiger partial charge in [0.1, 0.15) is 0 Å². The molecule has 80 valence electrons. The normalized spacial score (nSPS) is 9.47. The van der Waals surface area contributed by atoms with E-state index in [0.29, 0.717) is 23.5 Å². The van der Waals surface area contributed by atoms with E-state index in [9.17, 15) is 4.79 Å². The van der Waals surface area contributed by atoms with Crippen LogP contribution in [0.15, 0.2) is 36.4 Å². The van der Waals surface area contributed by atoms with Crippen molar-refractivity contribution in [3.8, 4) is 11.5 Å². The summed E-state index contributed by atoms with van der Waals surface area (Å²) in [4.78, 5) is 11.4. The Bertz CT molecular complexity index is 369. The number of carbonyl (C=O) groups excluding carboxylic acids is 1. The Morgan fingerprint density at radius 3 is 2.47 bits per heavy atom. The average Bonchev–Trinajstić information content (AvgIpc) is 2.28. The van der Waals surface area contributed by atoms with E-state index in [-0.39, 0.29) is 0 Å².